The molecule has 0 amide bonds. The summed E-state index contributed by atoms with van der Waals surface area (Å²) in [5.74, 6) is 1.01. The molecule has 0 spiro atoms. The minimum atomic E-state index is -0.461. The van der Waals surface area contributed by atoms with Gasteiger partial charge >= 0.3 is 0 Å². The summed E-state index contributed by atoms with van der Waals surface area (Å²) in [5.41, 5.74) is 1.34. The zero-order valence-corrected chi connectivity index (χ0v) is 11.7. The lowest BCUT2D eigenvalue weighted by atomic mass is 10.2. The number of rotatable bonds is 3. The fourth-order valence-corrected chi connectivity index (χ4v) is 2.25. The third kappa shape index (κ3) is 2.34. The molecular weight excluding hydrogens is 298 g/mol. The van der Waals surface area contributed by atoms with Crippen molar-refractivity contribution >= 4 is 16.7 Å². The second-order valence-corrected chi connectivity index (χ2v) is 4.86. The molecule has 2 aromatic carbocycles. The quantitative estimate of drug-likeness (QED) is 0.418. The average molecular weight is 307 g/mol. The van der Waals surface area contributed by atoms with Crippen molar-refractivity contribution in [1.82, 2.24) is 10.2 Å². The van der Waals surface area contributed by atoms with Crippen molar-refractivity contribution < 1.29 is 13.8 Å². The van der Waals surface area contributed by atoms with Crippen LogP contribution in [0.3, 0.4) is 0 Å². The molecule has 2 aromatic heterocycles. The number of benzene rings is 2. The largest absolute Gasteiger partial charge is 0.451 e. The van der Waals surface area contributed by atoms with E-state index in [4.69, 9.17) is 8.83 Å². The number of nitro groups is 1. The highest BCUT2D eigenvalue weighted by Gasteiger charge is 2.15. The van der Waals surface area contributed by atoms with E-state index in [1.54, 1.807) is 12.1 Å². The molecule has 0 N–H and O–H groups in total. The van der Waals surface area contributed by atoms with Crippen LogP contribution in [0.1, 0.15) is 0 Å². The molecule has 0 aliphatic rings. The summed E-state index contributed by atoms with van der Waals surface area (Å²) < 4.78 is 11.3. The van der Waals surface area contributed by atoms with Crippen LogP contribution in [0, 0.1) is 10.1 Å². The van der Waals surface area contributed by atoms with Crippen molar-refractivity contribution in [3.63, 3.8) is 0 Å². The minimum absolute atomic E-state index is 0.00535. The van der Waals surface area contributed by atoms with Gasteiger partial charge in [-0.25, -0.2) is 0 Å². The van der Waals surface area contributed by atoms with Crippen LogP contribution >= 0.6 is 0 Å². The van der Waals surface area contributed by atoms with E-state index in [9.17, 15) is 10.1 Å². The van der Waals surface area contributed by atoms with Gasteiger partial charge < -0.3 is 8.83 Å². The van der Waals surface area contributed by atoms with Gasteiger partial charge in [0.2, 0.25) is 5.89 Å². The number of aromatic nitrogens is 2. The lowest BCUT2D eigenvalue weighted by Crippen LogP contribution is -1.87. The number of non-ortho nitro benzene ring substituents is 1. The van der Waals surface area contributed by atoms with Gasteiger partial charge in [-0.05, 0) is 24.3 Å². The van der Waals surface area contributed by atoms with Crippen molar-refractivity contribution in [2.45, 2.75) is 0 Å². The second-order valence-electron chi connectivity index (χ2n) is 4.86. The highest BCUT2D eigenvalue weighted by molar-refractivity contribution is 5.81. The fraction of sp³-hybridized carbons (Fsp3) is 0. The molecule has 0 saturated carbocycles. The second kappa shape index (κ2) is 5.06. The molecule has 0 fully saturated rings. The maximum absolute atomic E-state index is 10.7. The molecule has 7 heteroatoms. The van der Waals surface area contributed by atoms with E-state index in [1.807, 2.05) is 30.3 Å². The number of nitro benzene ring substituents is 1. The Morgan fingerprint density at radius 1 is 0.913 bits per heavy atom. The van der Waals surface area contributed by atoms with Crippen molar-refractivity contribution in [3.05, 3.63) is 64.7 Å². The fourth-order valence-electron chi connectivity index (χ4n) is 2.25. The zero-order valence-electron chi connectivity index (χ0n) is 11.7. The van der Waals surface area contributed by atoms with E-state index in [0.29, 0.717) is 11.3 Å². The van der Waals surface area contributed by atoms with E-state index >= 15 is 0 Å². The van der Waals surface area contributed by atoms with E-state index in [2.05, 4.69) is 10.2 Å². The Bertz CT molecular complexity index is 969. The van der Waals surface area contributed by atoms with Crippen LogP contribution in [0.4, 0.5) is 5.69 Å². The normalized spacial score (nSPS) is 11.0. The average Bonchev–Trinajstić information content (AvgIpc) is 3.21. The van der Waals surface area contributed by atoms with Gasteiger partial charge in [0.1, 0.15) is 5.58 Å². The number of nitrogens with zero attached hydrogens (tertiary/aromatic N) is 3. The number of para-hydroxylation sites is 1. The first-order valence-electron chi connectivity index (χ1n) is 6.78. The van der Waals surface area contributed by atoms with E-state index in [1.165, 1.54) is 12.1 Å². The number of hydrogen-bond acceptors (Lipinski definition) is 6. The zero-order chi connectivity index (χ0) is 15.8. The Morgan fingerprint density at radius 3 is 2.39 bits per heavy atom. The molecule has 112 valence electrons. The summed E-state index contributed by atoms with van der Waals surface area (Å²) in [6, 6.07) is 15.3. The van der Waals surface area contributed by atoms with Crippen molar-refractivity contribution in [1.29, 1.82) is 0 Å². The highest BCUT2D eigenvalue weighted by atomic mass is 16.6. The van der Waals surface area contributed by atoms with Gasteiger partial charge in [0.15, 0.2) is 5.76 Å². The molecule has 0 aliphatic carbocycles. The summed E-state index contributed by atoms with van der Waals surface area (Å²) in [7, 11) is 0. The molecule has 0 atom stereocenters. The van der Waals surface area contributed by atoms with Gasteiger partial charge in [-0.1, -0.05) is 18.2 Å². The van der Waals surface area contributed by atoms with Gasteiger partial charge in [0.05, 0.1) is 4.92 Å². The molecular formula is C16H9N3O4. The molecule has 0 aliphatic heterocycles. The molecule has 0 bridgehead atoms. The maximum Gasteiger partial charge on any atom is 0.283 e. The molecule has 0 unspecified atom stereocenters. The number of furan rings is 1. The Kier molecular flexibility index (Phi) is 2.90. The predicted octanol–water partition coefficient (Wildman–Crippen LogP) is 4.06. The topological polar surface area (TPSA) is 95.2 Å². The van der Waals surface area contributed by atoms with Crippen LogP contribution in [0.2, 0.25) is 0 Å². The highest BCUT2D eigenvalue weighted by Crippen LogP contribution is 2.29. The molecule has 0 radical (unpaired) electrons. The van der Waals surface area contributed by atoms with Crippen LogP contribution in [0.25, 0.3) is 34.1 Å². The SMILES string of the molecule is O=[N+]([O-])c1ccc(-c2nnc(-c3cc4ccccc4o3)o2)cc1. The van der Waals surface area contributed by atoms with Crippen LogP contribution in [0.15, 0.2) is 63.4 Å². The van der Waals surface area contributed by atoms with Crippen molar-refractivity contribution in [3.8, 4) is 23.1 Å². The Morgan fingerprint density at radius 2 is 1.65 bits per heavy atom. The van der Waals surface area contributed by atoms with Crippen LogP contribution < -0.4 is 0 Å². The van der Waals surface area contributed by atoms with E-state index in [0.717, 1.165) is 11.0 Å². The Hall–Kier alpha value is -3.48. The van der Waals surface area contributed by atoms with Crippen LogP contribution in [-0.2, 0) is 0 Å². The molecule has 4 rings (SSSR count). The molecule has 4 aromatic rings. The smallest absolute Gasteiger partial charge is 0.283 e. The summed E-state index contributed by atoms with van der Waals surface area (Å²) in [4.78, 5) is 10.2. The summed E-state index contributed by atoms with van der Waals surface area (Å²) in [5, 5.41) is 19.5. The van der Waals surface area contributed by atoms with Crippen molar-refractivity contribution in [2.24, 2.45) is 0 Å². The van der Waals surface area contributed by atoms with Crippen LogP contribution in [0.5, 0.6) is 0 Å². The van der Waals surface area contributed by atoms with Gasteiger partial charge in [-0.3, -0.25) is 10.1 Å². The first kappa shape index (κ1) is 13.2. The first-order valence-corrected chi connectivity index (χ1v) is 6.78. The third-order valence-electron chi connectivity index (χ3n) is 3.39. The summed E-state index contributed by atoms with van der Waals surface area (Å²) >= 11 is 0. The lowest BCUT2D eigenvalue weighted by molar-refractivity contribution is -0.384. The minimum Gasteiger partial charge on any atom is -0.451 e. The number of fused-ring (bicyclic) bond motifs is 1. The summed E-state index contributed by atoms with van der Waals surface area (Å²) in [6.07, 6.45) is 0. The molecule has 23 heavy (non-hydrogen) atoms. The monoisotopic (exact) mass is 307 g/mol. The predicted molar refractivity (Wildman–Crippen MR) is 81.6 cm³/mol. The van der Waals surface area contributed by atoms with Crippen LogP contribution in [-0.4, -0.2) is 15.1 Å². The maximum atomic E-state index is 10.7. The molecule has 0 saturated heterocycles. The van der Waals surface area contributed by atoms with E-state index < -0.39 is 4.92 Å². The van der Waals surface area contributed by atoms with Gasteiger partial charge in [-0.2, -0.15) is 0 Å². The lowest BCUT2D eigenvalue weighted by Gasteiger charge is -1.94. The van der Waals surface area contributed by atoms with Gasteiger partial charge in [-0.15, -0.1) is 10.2 Å². The number of hydrogen-bond donors (Lipinski definition) is 0. The first-order chi connectivity index (χ1) is 11.2. The summed E-state index contributed by atoms with van der Waals surface area (Å²) in [6.45, 7) is 0. The Labute approximate surface area is 129 Å². The molecule has 7 nitrogen and oxygen atoms in total. The van der Waals surface area contributed by atoms with Gasteiger partial charge in [0.25, 0.3) is 11.6 Å². The molecule has 2 heterocycles. The van der Waals surface area contributed by atoms with Gasteiger partial charge in [0, 0.05) is 23.1 Å². The van der Waals surface area contributed by atoms with E-state index in [-0.39, 0.29) is 17.5 Å². The third-order valence-corrected chi connectivity index (χ3v) is 3.39. The standard InChI is InChI=1S/C16H9N3O4/c20-19(21)12-7-5-10(6-8-12)15-17-18-16(23-15)14-9-11-3-1-2-4-13(11)22-14/h1-9H. The van der Waals surface area contributed by atoms with Crippen molar-refractivity contribution in [2.75, 3.05) is 0 Å². The Balaban J connectivity index is 1.69.